The molecule has 5 nitrogen and oxygen atoms in total. The van der Waals surface area contributed by atoms with Gasteiger partial charge in [-0.2, -0.15) is 8.42 Å². The molecule has 134 valence electrons. The predicted molar refractivity (Wildman–Crippen MR) is 96.6 cm³/mol. The number of nitrogens with zero attached hydrogens (tertiary/aromatic N) is 1. The van der Waals surface area contributed by atoms with Crippen molar-refractivity contribution in [2.24, 2.45) is 0 Å². The SMILES string of the molecule is CCCCON(C(=O)c1ccc(C)cc1)S(=O)(=O)c1ccc(C)cc1. The third kappa shape index (κ3) is 4.67. The van der Waals surface area contributed by atoms with Gasteiger partial charge in [-0.1, -0.05) is 48.7 Å². The van der Waals surface area contributed by atoms with E-state index >= 15 is 0 Å². The zero-order chi connectivity index (χ0) is 18.4. The number of carbonyl (C=O) groups is 1. The maximum absolute atomic E-state index is 12.9. The van der Waals surface area contributed by atoms with E-state index in [-0.39, 0.29) is 17.1 Å². The summed E-state index contributed by atoms with van der Waals surface area (Å²) in [6, 6.07) is 13.0. The summed E-state index contributed by atoms with van der Waals surface area (Å²) >= 11 is 0. The fourth-order valence-corrected chi connectivity index (χ4v) is 3.35. The third-order valence-electron chi connectivity index (χ3n) is 3.71. The van der Waals surface area contributed by atoms with Crippen molar-refractivity contribution in [3.8, 4) is 0 Å². The number of carbonyl (C=O) groups excluding carboxylic acids is 1. The Morgan fingerprint density at radius 3 is 2.00 bits per heavy atom. The van der Waals surface area contributed by atoms with E-state index in [0.29, 0.717) is 10.9 Å². The zero-order valence-corrected chi connectivity index (χ0v) is 15.5. The van der Waals surface area contributed by atoms with Gasteiger partial charge in [0.2, 0.25) is 0 Å². The highest BCUT2D eigenvalue weighted by Gasteiger charge is 2.31. The molecule has 0 radical (unpaired) electrons. The van der Waals surface area contributed by atoms with Crippen molar-refractivity contribution >= 4 is 15.9 Å². The van der Waals surface area contributed by atoms with Crippen LogP contribution in [0.1, 0.15) is 41.3 Å². The smallest absolute Gasteiger partial charge is 0.266 e. The Bertz CT molecular complexity index is 812. The van der Waals surface area contributed by atoms with E-state index < -0.39 is 15.9 Å². The molecule has 0 saturated carbocycles. The Hall–Kier alpha value is -2.18. The summed E-state index contributed by atoms with van der Waals surface area (Å²) < 4.78 is 26.3. The van der Waals surface area contributed by atoms with Crippen LogP contribution in [0.2, 0.25) is 0 Å². The first kappa shape index (κ1) is 19.1. The van der Waals surface area contributed by atoms with Crippen molar-refractivity contribution in [3.63, 3.8) is 0 Å². The van der Waals surface area contributed by atoms with Crippen molar-refractivity contribution in [1.82, 2.24) is 4.47 Å². The number of rotatable bonds is 7. The van der Waals surface area contributed by atoms with E-state index in [1.807, 2.05) is 20.8 Å². The highest BCUT2D eigenvalue weighted by molar-refractivity contribution is 7.89. The van der Waals surface area contributed by atoms with Gasteiger partial charge in [0.25, 0.3) is 15.9 Å². The van der Waals surface area contributed by atoms with Crippen LogP contribution >= 0.6 is 0 Å². The molecule has 0 N–H and O–H groups in total. The largest absolute Gasteiger partial charge is 0.292 e. The van der Waals surface area contributed by atoms with E-state index in [4.69, 9.17) is 4.84 Å². The fourth-order valence-electron chi connectivity index (χ4n) is 2.14. The van der Waals surface area contributed by atoms with Gasteiger partial charge in [-0.25, -0.2) is 0 Å². The van der Waals surface area contributed by atoms with Crippen LogP contribution < -0.4 is 0 Å². The Balaban J connectivity index is 2.38. The number of hydroxylamine groups is 1. The highest BCUT2D eigenvalue weighted by Crippen LogP contribution is 2.20. The number of amides is 1. The van der Waals surface area contributed by atoms with Crippen molar-refractivity contribution in [1.29, 1.82) is 0 Å². The molecule has 2 rings (SSSR count). The van der Waals surface area contributed by atoms with Gasteiger partial charge in [0.1, 0.15) is 0 Å². The molecule has 0 spiro atoms. The second-order valence-corrected chi connectivity index (χ2v) is 7.66. The number of hydrogen-bond acceptors (Lipinski definition) is 4. The van der Waals surface area contributed by atoms with E-state index in [9.17, 15) is 13.2 Å². The second kappa shape index (κ2) is 8.27. The first-order chi connectivity index (χ1) is 11.9. The minimum absolute atomic E-state index is 0.0232. The summed E-state index contributed by atoms with van der Waals surface area (Å²) in [5.41, 5.74) is 2.18. The Morgan fingerprint density at radius 2 is 1.48 bits per heavy atom. The summed E-state index contributed by atoms with van der Waals surface area (Å²) in [5.74, 6) is -0.698. The lowest BCUT2D eigenvalue weighted by Gasteiger charge is -2.21. The Labute approximate surface area is 149 Å². The average molecular weight is 361 g/mol. The van der Waals surface area contributed by atoms with Crippen LogP contribution in [0.25, 0.3) is 0 Å². The van der Waals surface area contributed by atoms with Gasteiger partial charge in [-0.05, 0) is 44.5 Å². The molecule has 0 aromatic heterocycles. The van der Waals surface area contributed by atoms with Gasteiger partial charge in [0.15, 0.2) is 0 Å². The molecule has 6 heteroatoms. The van der Waals surface area contributed by atoms with Crippen LogP contribution in [-0.2, 0) is 14.9 Å². The lowest BCUT2D eigenvalue weighted by atomic mass is 10.1. The molecule has 0 fully saturated rings. The van der Waals surface area contributed by atoms with Crippen molar-refractivity contribution in [2.75, 3.05) is 6.61 Å². The van der Waals surface area contributed by atoms with Gasteiger partial charge < -0.3 is 0 Å². The third-order valence-corrected chi connectivity index (χ3v) is 5.28. The molecular weight excluding hydrogens is 338 g/mol. The van der Waals surface area contributed by atoms with Gasteiger partial charge in [-0.15, -0.1) is 4.47 Å². The zero-order valence-electron chi connectivity index (χ0n) is 14.7. The van der Waals surface area contributed by atoms with Gasteiger partial charge in [-0.3, -0.25) is 9.63 Å². The normalized spacial score (nSPS) is 11.3. The quantitative estimate of drug-likeness (QED) is 0.555. The lowest BCUT2D eigenvalue weighted by molar-refractivity contribution is -0.0603. The molecule has 25 heavy (non-hydrogen) atoms. The molecule has 0 aliphatic heterocycles. The minimum atomic E-state index is -4.09. The monoisotopic (exact) mass is 361 g/mol. The van der Waals surface area contributed by atoms with Gasteiger partial charge in [0.05, 0.1) is 11.5 Å². The van der Waals surface area contributed by atoms with E-state index in [2.05, 4.69) is 0 Å². The summed E-state index contributed by atoms with van der Waals surface area (Å²) in [6.07, 6.45) is 1.48. The molecule has 0 aliphatic carbocycles. The average Bonchev–Trinajstić information content (AvgIpc) is 2.59. The van der Waals surface area contributed by atoms with E-state index in [1.165, 1.54) is 12.1 Å². The van der Waals surface area contributed by atoms with E-state index in [0.717, 1.165) is 17.5 Å². The minimum Gasteiger partial charge on any atom is -0.266 e. The first-order valence-electron chi connectivity index (χ1n) is 8.22. The topological polar surface area (TPSA) is 63.7 Å². The van der Waals surface area contributed by atoms with Crippen LogP contribution in [0.5, 0.6) is 0 Å². The van der Waals surface area contributed by atoms with Crippen LogP contribution in [-0.4, -0.2) is 25.4 Å². The summed E-state index contributed by atoms with van der Waals surface area (Å²) in [4.78, 5) is 18.2. The van der Waals surface area contributed by atoms with Gasteiger partial charge in [0, 0.05) is 5.56 Å². The summed E-state index contributed by atoms with van der Waals surface area (Å²) in [6.45, 7) is 5.87. The summed E-state index contributed by atoms with van der Waals surface area (Å²) in [7, 11) is -4.09. The first-order valence-corrected chi connectivity index (χ1v) is 9.66. The second-order valence-electron chi connectivity index (χ2n) is 5.90. The van der Waals surface area contributed by atoms with Crippen LogP contribution in [0.4, 0.5) is 0 Å². The molecule has 0 unspecified atom stereocenters. The van der Waals surface area contributed by atoms with Crippen LogP contribution in [0.15, 0.2) is 53.4 Å². The van der Waals surface area contributed by atoms with Crippen molar-refractivity contribution < 1.29 is 18.0 Å². The Kier molecular flexibility index (Phi) is 6.33. The molecule has 1 amide bonds. The number of sulfonamides is 1. The number of benzene rings is 2. The van der Waals surface area contributed by atoms with Crippen LogP contribution in [0, 0.1) is 13.8 Å². The number of aryl methyl sites for hydroxylation is 2. The number of hydrogen-bond donors (Lipinski definition) is 0. The van der Waals surface area contributed by atoms with Crippen molar-refractivity contribution in [3.05, 3.63) is 65.2 Å². The molecule has 0 bridgehead atoms. The Morgan fingerprint density at radius 1 is 0.960 bits per heavy atom. The number of unbranched alkanes of at least 4 members (excludes halogenated alkanes) is 1. The molecule has 0 heterocycles. The molecule has 2 aromatic rings. The fraction of sp³-hybridized carbons (Fsp3) is 0.316. The molecule has 2 aromatic carbocycles. The standard InChI is InChI=1S/C19H23NO4S/c1-4-5-14-24-20(19(21)17-10-6-15(2)7-11-17)25(22,23)18-12-8-16(3)9-13-18/h6-13H,4-5,14H2,1-3H3. The highest BCUT2D eigenvalue weighted by atomic mass is 32.2. The predicted octanol–water partition coefficient (Wildman–Crippen LogP) is 3.87. The maximum Gasteiger partial charge on any atom is 0.292 e. The maximum atomic E-state index is 12.9. The molecular formula is C19H23NO4S. The molecule has 0 aliphatic rings. The van der Waals surface area contributed by atoms with E-state index in [1.54, 1.807) is 36.4 Å². The van der Waals surface area contributed by atoms with Crippen LogP contribution in [0.3, 0.4) is 0 Å². The molecule has 0 saturated heterocycles. The molecule has 0 atom stereocenters. The van der Waals surface area contributed by atoms with Crippen molar-refractivity contribution in [2.45, 2.75) is 38.5 Å². The lowest BCUT2D eigenvalue weighted by Crippen LogP contribution is -2.37. The van der Waals surface area contributed by atoms with Gasteiger partial charge >= 0.3 is 0 Å². The summed E-state index contributed by atoms with van der Waals surface area (Å²) in [5, 5.41) is 0.